The van der Waals surface area contributed by atoms with E-state index in [1.54, 1.807) is 0 Å². The fourth-order valence-electron chi connectivity index (χ4n) is 3.03. The molecule has 4 nitrogen and oxygen atoms in total. The van der Waals surface area contributed by atoms with E-state index in [0.717, 1.165) is 19.6 Å². The van der Waals surface area contributed by atoms with Crippen LogP contribution in [0, 0.1) is 0 Å². The first-order valence-electron chi connectivity index (χ1n) is 7.89. The molecule has 1 atom stereocenters. The molecule has 0 saturated carbocycles. The molecule has 21 heavy (non-hydrogen) atoms. The predicted octanol–water partition coefficient (Wildman–Crippen LogP) is 2.69. The molecule has 5 heteroatoms. The Morgan fingerprint density at radius 3 is 2.67 bits per heavy atom. The van der Waals surface area contributed by atoms with Crippen LogP contribution in [0.25, 0.3) is 0 Å². The van der Waals surface area contributed by atoms with Crippen molar-refractivity contribution in [3.05, 3.63) is 10.6 Å². The average molecular weight is 311 g/mol. The zero-order valence-electron chi connectivity index (χ0n) is 14.4. The molecule has 1 N–H and O–H groups in total. The van der Waals surface area contributed by atoms with Crippen LogP contribution in [0.2, 0.25) is 0 Å². The second-order valence-electron chi connectivity index (χ2n) is 7.30. The van der Waals surface area contributed by atoms with E-state index in [1.807, 2.05) is 18.4 Å². The minimum atomic E-state index is 0.109. The van der Waals surface area contributed by atoms with E-state index in [0.29, 0.717) is 6.04 Å². The monoisotopic (exact) mass is 310 g/mol. The fourth-order valence-corrected chi connectivity index (χ4v) is 4.41. The molecule has 1 aliphatic rings. The molecule has 1 unspecified atom stereocenters. The van der Waals surface area contributed by atoms with Crippen LogP contribution in [0.15, 0.2) is 0 Å². The molecular formula is C16H30N4S. The highest BCUT2D eigenvalue weighted by molar-refractivity contribution is 7.15. The van der Waals surface area contributed by atoms with Crippen molar-refractivity contribution >= 4 is 16.5 Å². The summed E-state index contributed by atoms with van der Waals surface area (Å²) in [7, 11) is 6.33. The Morgan fingerprint density at radius 1 is 1.38 bits per heavy atom. The Labute approximate surface area is 133 Å². The number of nitrogens with zero attached hydrogens (tertiary/aromatic N) is 3. The van der Waals surface area contributed by atoms with Crippen molar-refractivity contribution in [1.82, 2.24) is 15.2 Å². The van der Waals surface area contributed by atoms with Crippen LogP contribution in [0.5, 0.6) is 0 Å². The lowest BCUT2D eigenvalue weighted by atomic mass is 9.91. The van der Waals surface area contributed by atoms with Crippen molar-refractivity contribution in [3.63, 3.8) is 0 Å². The Hall–Kier alpha value is -0.650. The fraction of sp³-hybridized carbons (Fsp3) is 0.812. The standard InChI is InChI=1S/C16H30N4S/c1-16(2,3)14-13(10-17-4)21-15(18-14)20-9-7-8-12(20)11-19(5)6/h12,17H,7-11H2,1-6H3. The Balaban J connectivity index is 2.27. The van der Waals surface area contributed by atoms with Gasteiger partial charge < -0.3 is 15.1 Å². The van der Waals surface area contributed by atoms with E-state index < -0.39 is 0 Å². The molecule has 120 valence electrons. The van der Waals surface area contributed by atoms with Gasteiger partial charge in [0.05, 0.1) is 5.69 Å². The molecule has 0 aromatic carbocycles. The van der Waals surface area contributed by atoms with E-state index in [9.17, 15) is 0 Å². The van der Waals surface area contributed by atoms with Gasteiger partial charge in [0.2, 0.25) is 0 Å². The van der Waals surface area contributed by atoms with Crippen molar-refractivity contribution in [3.8, 4) is 0 Å². The lowest BCUT2D eigenvalue weighted by molar-refractivity contribution is 0.372. The van der Waals surface area contributed by atoms with Crippen molar-refractivity contribution in [2.75, 3.05) is 39.1 Å². The quantitative estimate of drug-likeness (QED) is 0.906. The molecule has 0 aliphatic carbocycles. The number of anilines is 1. The lowest BCUT2D eigenvalue weighted by Crippen LogP contribution is -2.37. The highest BCUT2D eigenvalue weighted by Crippen LogP contribution is 2.36. The van der Waals surface area contributed by atoms with Crippen molar-refractivity contribution < 1.29 is 0 Å². The Morgan fingerprint density at radius 2 is 2.10 bits per heavy atom. The first kappa shape index (κ1) is 16.7. The average Bonchev–Trinajstić information content (AvgIpc) is 2.94. The van der Waals surface area contributed by atoms with Crippen LogP contribution in [-0.4, -0.2) is 50.2 Å². The van der Waals surface area contributed by atoms with Gasteiger partial charge in [-0.15, -0.1) is 11.3 Å². The number of rotatable bonds is 5. The summed E-state index contributed by atoms with van der Waals surface area (Å²) in [4.78, 5) is 11.2. The van der Waals surface area contributed by atoms with Crippen LogP contribution >= 0.6 is 11.3 Å². The SMILES string of the molecule is CNCc1sc(N2CCCC2CN(C)C)nc1C(C)(C)C. The molecule has 0 radical (unpaired) electrons. The molecule has 2 rings (SSSR count). The zero-order valence-corrected chi connectivity index (χ0v) is 15.2. The van der Waals surface area contributed by atoms with E-state index in [1.165, 1.54) is 28.5 Å². The number of likely N-dealkylation sites (N-methyl/N-ethyl adjacent to an activating group) is 1. The van der Waals surface area contributed by atoms with Gasteiger partial charge >= 0.3 is 0 Å². The Bertz CT molecular complexity index is 461. The van der Waals surface area contributed by atoms with E-state index >= 15 is 0 Å². The molecule has 1 fully saturated rings. The summed E-state index contributed by atoms with van der Waals surface area (Å²) in [6.07, 6.45) is 2.56. The minimum Gasteiger partial charge on any atom is -0.344 e. The third kappa shape index (κ3) is 3.96. The summed E-state index contributed by atoms with van der Waals surface area (Å²) in [5.41, 5.74) is 1.37. The van der Waals surface area contributed by atoms with E-state index in [2.05, 4.69) is 50.0 Å². The molecule has 1 saturated heterocycles. The first-order chi connectivity index (χ1) is 9.82. The molecule has 0 spiro atoms. The zero-order chi connectivity index (χ0) is 15.6. The number of thiazole rings is 1. The van der Waals surface area contributed by atoms with Gasteiger partial charge in [-0.05, 0) is 34.0 Å². The normalized spacial score (nSPS) is 19.8. The second kappa shape index (κ2) is 6.63. The molecular weight excluding hydrogens is 280 g/mol. The molecule has 1 aromatic heterocycles. The van der Waals surface area contributed by atoms with Gasteiger partial charge in [0, 0.05) is 36.0 Å². The van der Waals surface area contributed by atoms with Gasteiger partial charge in [0.15, 0.2) is 5.13 Å². The number of aromatic nitrogens is 1. The molecule has 1 aliphatic heterocycles. The maximum atomic E-state index is 5.03. The van der Waals surface area contributed by atoms with Gasteiger partial charge in [-0.25, -0.2) is 4.98 Å². The highest BCUT2D eigenvalue weighted by Gasteiger charge is 2.30. The predicted molar refractivity (Wildman–Crippen MR) is 92.5 cm³/mol. The second-order valence-corrected chi connectivity index (χ2v) is 8.36. The summed E-state index contributed by atoms with van der Waals surface area (Å²) >= 11 is 1.87. The van der Waals surface area contributed by atoms with Crippen LogP contribution in [0.1, 0.15) is 44.2 Å². The highest BCUT2D eigenvalue weighted by atomic mass is 32.1. The molecule has 2 heterocycles. The van der Waals surface area contributed by atoms with E-state index in [-0.39, 0.29) is 5.41 Å². The number of nitrogens with one attached hydrogen (secondary N) is 1. The lowest BCUT2D eigenvalue weighted by Gasteiger charge is -2.26. The first-order valence-corrected chi connectivity index (χ1v) is 8.70. The summed E-state index contributed by atoms with van der Waals surface area (Å²) in [6, 6.07) is 0.612. The molecule has 0 bridgehead atoms. The van der Waals surface area contributed by atoms with E-state index in [4.69, 9.17) is 4.98 Å². The smallest absolute Gasteiger partial charge is 0.186 e. The maximum Gasteiger partial charge on any atom is 0.186 e. The third-order valence-electron chi connectivity index (χ3n) is 3.93. The topological polar surface area (TPSA) is 31.4 Å². The summed E-state index contributed by atoms with van der Waals surface area (Å²) < 4.78 is 0. The van der Waals surface area contributed by atoms with Gasteiger partial charge in [0.25, 0.3) is 0 Å². The van der Waals surface area contributed by atoms with Crippen LogP contribution < -0.4 is 10.2 Å². The van der Waals surface area contributed by atoms with Crippen LogP contribution in [0.3, 0.4) is 0 Å². The maximum absolute atomic E-state index is 5.03. The van der Waals surface area contributed by atoms with Crippen molar-refractivity contribution in [2.24, 2.45) is 0 Å². The molecule has 0 amide bonds. The van der Waals surface area contributed by atoms with Crippen LogP contribution in [0.4, 0.5) is 5.13 Å². The number of hydrogen-bond donors (Lipinski definition) is 1. The third-order valence-corrected chi connectivity index (χ3v) is 5.02. The van der Waals surface area contributed by atoms with Gasteiger partial charge in [0.1, 0.15) is 0 Å². The minimum absolute atomic E-state index is 0.109. The molecule has 1 aromatic rings. The van der Waals surface area contributed by atoms with Crippen LogP contribution in [-0.2, 0) is 12.0 Å². The number of hydrogen-bond acceptors (Lipinski definition) is 5. The van der Waals surface area contributed by atoms with Crippen molar-refractivity contribution in [1.29, 1.82) is 0 Å². The van der Waals surface area contributed by atoms with Gasteiger partial charge in [-0.2, -0.15) is 0 Å². The summed E-state index contributed by atoms with van der Waals surface area (Å²) in [5, 5.41) is 4.50. The Kier molecular flexibility index (Phi) is 5.28. The summed E-state index contributed by atoms with van der Waals surface area (Å²) in [5.74, 6) is 0. The van der Waals surface area contributed by atoms with Gasteiger partial charge in [-0.3, -0.25) is 0 Å². The summed E-state index contributed by atoms with van der Waals surface area (Å²) in [6.45, 7) is 9.95. The van der Waals surface area contributed by atoms with Crippen molar-refractivity contribution in [2.45, 2.75) is 51.6 Å². The van der Waals surface area contributed by atoms with Gasteiger partial charge in [-0.1, -0.05) is 20.8 Å². The largest absolute Gasteiger partial charge is 0.344 e.